The highest BCUT2D eigenvalue weighted by Gasteiger charge is 2.47. The number of likely N-dealkylation sites (tertiary alicyclic amines) is 2. The second kappa shape index (κ2) is 10.3. The SMILES string of the molecule is O=C(O)c1csc(SCCN2C(=O)CC[C@@H]2C(c2ccccc2)N2CCC3(CC2)NCNC3=O)n1. The molecule has 1 aromatic heterocycles. The van der Waals surface area contributed by atoms with E-state index in [0.29, 0.717) is 29.7 Å². The monoisotopic (exact) mass is 515 g/mol. The van der Waals surface area contributed by atoms with E-state index in [1.54, 1.807) is 5.38 Å². The van der Waals surface area contributed by atoms with Crippen molar-refractivity contribution < 1.29 is 19.5 Å². The highest BCUT2D eigenvalue weighted by molar-refractivity contribution is 8.01. The van der Waals surface area contributed by atoms with Crippen molar-refractivity contribution in [3.63, 3.8) is 0 Å². The molecule has 3 fully saturated rings. The number of amides is 2. The van der Waals surface area contributed by atoms with Crippen molar-refractivity contribution in [3.05, 3.63) is 47.0 Å². The van der Waals surface area contributed by atoms with Crippen LogP contribution in [-0.4, -0.2) is 81.3 Å². The Morgan fingerprint density at radius 3 is 2.69 bits per heavy atom. The third kappa shape index (κ3) is 4.95. The number of carboxylic acid groups (broad SMARTS) is 1. The van der Waals surface area contributed by atoms with Crippen LogP contribution in [0.5, 0.6) is 0 Å². The molecule has 4 heterocycles. The van der Waals surface area contributed by atoms with Crippen LogP contribution in [-0.2, 0) is 9.59 Å². The maximum Gasteiger partial charge on any atom is 0.355 e. The average Bonchev–Trinajstić information content (AvgIpc) is 3.57. The number of hydrogen-bond acceptors (Lipinski definition) is 8. The molecule has 0 bridgehead atoms. The predicted octanol–water partition coefficient (Wildman–Crippen LogP) is 2.18. The quantitative estimate of drug-likeness (QED) is 0.459. The Morgan fingerprint density at radius 2 is 2.03 bits per heavy atom. The summed E-state index contributed by atoms with van der Waals surface area (Å²) < 4.78 is 0.703. The zero-order valence-corrected chi connectivity index (χ0v) is 20.9. The molecule has 0 saturated carbocycles. The van der Waals surface area contributed by atoms with Gasteiger partial charge in [-0.05, 0) is 24.8 Å². The first-order valence-electron chi connectivity index (χ1n) is 11.9. The summed E-state index contributed by atoms with van der Waals surface area (Å²) in [6, 6.07) is 10.5. The molecule has 1 aromatic carbocycles. The molecular formula is C24H29N5O4S2. The third-order valence-corrected chi connectivity index (χ3v) is 9.30. The molecule has 0 aliphatic carbocycles. The van der Waals surface area contributed by atoms with Crippen molar-refractivity contribution in [3.8, 4) is 0 Å². The number of hydrogen-bond donors (Lipinski definition) is 3. The fourth-order valence-corrected chi connectivity index (χ4v) is 7.29. The first-order valence-corrected chi connectivity index (χ1v) is 13.8. The molecule has 3 aliphatic heterocycles. The molecule has 2 amide bonds. The first kappa shape index (κ1) is 24.2. The van der Waals surface area contributed by atoms with Crippen LogP contribution in [0.15, 0.2) is 40.1 Å². The van der Waals surface area contributed by atoms with Crippen molar-refractivity contribution in [1.29, 1.82) is 0 Å². The van der Waals surface area contributed by atoms with E-state index in [-0.39, 0.29) is 29.6 Å². The topological polar surface area (TPSA) is 115 Å². The lowest BCUT2D eigenvalue weighted by molar-refractivity contribution is -0.129. The molecule has 3 N–H and O–H groups in total. The van der Waals surface area contributed by atoms with E-state index in [1.807, 2.05) is 23.1 Å². The molecule has 11 heteroatoms. The summed E-state index contributed by atoms with van der Waals surface area (Å²) in [6.45, 7) is 2.67. The number of carbonyl (C=O) groups is 3. The molecule has 2 aromatic rings. The zero-order valence-electron chi connectivity index (χ0n) is 19.3. The van der Waals surface area contributed by atoms with Gasteiger partial charge in [-0.2, -0.15) is 0 Å². The largest absolute Gasteiger partial charge is 0.476 e. The van der Waals surface area contributed by atoms with Gasteiger partial charge in [0.2, 0.25) is 11.8 Å². The Morgan fingerprint density at radius 1 is 1.26 bits per heavy atom. The van der Waals surface area contributed by atoms with Gasteiger partial charge >= 0.3 is 5.97 Å². The number of piperidine rings is 1. The number of thioether (sulfide) groups is 1. The van der Waals surface area contributed by atoms with Crippen molar-refractivity contribution in [2.45, 2.75) is 47.6 Å². The Bertz CT molecular complexity index is 1090. The maximum absolute atomic E-state index is 12.9. The van der Waals surface area contributed by atoms with Crippen molar-refractivity contribution >= 4 is 40.9 Å². The summed E-state index contributed by atoms with van der Waals surface area (Å²) in [5, 5.41) is 16.9. The molecule has 3 saturated heterocycles. The lowest BCUT2D eigenvalue weighted by atomic mass is 9.85. The molecule has 1 unspecified atom stereocenters. The van der Waals surface area contributed by atoms with Crippen LogP contribution >= 0.6 is 23.1 Å². The van der Waals surface area contributed by atoms with Gasteiger partial charge in [0.25, 0.3) is 0 Å². The van der Waals surface area contributed by atoms with Gasteiger partial charge in [0.05, 0.1) is 18.8 Å². The summed E-state index contributed by atoms with van der Waals surface area (Å²) in [5.41, 5.74) is 0.781. The summed E-state index contributed by atoms with van der Waals surface area (Å²) in [6.07, 6.45) is 2.81. The first-order chi connectivity index (χ1) is 17.0. The summed E-state index contributed by atoms with van der Waals surface area (Å²) >= 11 is 2.81. The smallest absolute Gasteiger partial charge is 0.355 e. The van der Waals surface area contributed by atoms with Crippen LogP contribution in [0.25, 0.3) is 0 Å². The summed E-state index contributed by atoms with van der Waals surface area (Å²) in [5.74, 6) is -0.116. The van der Waals surface area contributed by atoms with Crippen LogP contribution < -0.4 is 10.6 Å². The van der Waals surface area contributed by atoms with Gasteiger partial charge in [-0.15, -0.1) is 11.3 Å². The number of rotatable bonds is 8. The number of carbonyl (C=O) groups excluding carboxylic acids is 2. The average molecular weight is 516 g/mol. The van der Waals surface area contributed by atoms with E-state index in [2.05, 4.69) is 32.7 Å². The van der Waals surface area contributed by atoms with E-state index in [9.17, 15) is 14.4 Å². The highest BCUT2D eigenvalue weighted by Crippen LogP contribution is 2.38. The second-order valence-electron chi connectivity index (χ2n) is 9.18. The van der Waals surface area contributed by atoms with Crippen LogP contribution in [0.4, 0.5) is 0 Å². The van der Waals surface area contributed by atoms with Crippen LogP contribution in [0, 0.1) is 0 Å². The Labute approximate surface area is 212 Å². The molecule has 3 aliphatic rings. The van der Waals surface area contributed by atoms with Crippen LogP contribution in [0.1, 0.15) is 47.8 Å². The van der Waals surface area contributed by atoms with E-state index >= 15 is 0 Å². The number of aromatic carboxylic acids is 1. The Balaban J connectivity index is 1.30. The minimum absolute atomic E-state index is 0.0517. The van der Waals surface area contributed by atoms with E-state index < -0.39 is 11.5 Å². The fourth-order valence-electron chi connectivity index (χ4n) is 5.49. The molecule has 0 radical (unpaired) electrons. The lowest BCUT2D eigenvalue weighted by Gasteiger charge is -2.45. The molecule has 186 valence electrons. The minimum atomic E-state index is -1.03. The van der Waals surface area contributed by atoms with Gasteiger partial charge in [-0.1, -0.05) is 42.1 Å². The van der Waals surface area contributed by atoms with E-state index in [0.717, 1.165) is 32.4 Å². The van der Waals surface area contributed by atoms with Crippen molar-refractivity contribution in [1.82, 2.24) is 25.4 Å². The number of nitrogens with one attached hydrogen (secondary N) is 2. The number of carboxylic acids is 1. The van der Waals surface area contributed by atoms with Crippen LogP contribution in [0.3, 0.4) is 0 Å². The molecule has 2 atom stereocenters. The highest BCUT2D eigenvalue weighted by atomic mass is 32.2. The summed E-state index contributed by atoms with van der Waals surface area (Å²) in [7, 11) is 0. The Hall–Kier alpha value is -2.47. The maximum atomic E-state index is 12.9. The second-order valence-corrected chi connectivity index (χ2v) is 11.4. The molecule has 1 spiro atoms. The zero-order chi connectivity index (χ0) is 24.4. The fraction of sp³-hybridized carbons (Fsp3) is 0.500. The normalized spacial score (nSPS) is 23.1. The molecule has 9 nitrogen and oxygen atoms in total. The van der Waals surface area contributed by atoms with E-state index in [1.165, 1.54) is 28.7 Å². The standard InChI is InChI=1S/C24H29N5O4S2/c30-19-7-6-18(29(19)12-13-34-23-27-17(14-35-23)21(31)32)20(16-4-2-1-3-5-16)28-10-8-24(9-11-28)22(33)25-15-26-24/h1-5,14,18,20,26H,6-13,15H2,(H,25,33)(H,31,32)/t18-,20?/m1/s1. The predicted molar refractivity (Wildman–Crippen MR) is 133 cm³/mol. The van der Waals surface area contributed by atoms with Gasteiger partial charge in [-0.25, -0.2) is 9.78 Å². The summed E-state index contributed by atoms with van der Waals surface area (Å²) in [4.78, 5) is 45.0. The van der Waals surface area contributed by atoms with E-state index in [4.69, 9.17) is 5.11 Å². The minimum Gasteiger partial charge on any atom is -0.476 e. The van der Waals surface area contributed by atoms with Crippen LogP contribution in [0.2, 0.25) is 0 Å². The van der Waals surface area contributed by atoms with Gasteiger partial charge in [0.1, 0.15) is 5.54 Å². The van der Waals surface area contributed by atoms with Gasteiger partial charge < -0.3 is 15.3 Å². The van der Waals surface area contributed by atoms with Gasteiger partial charge in [0, 0.05) is 37.2 Å². The third-order valence-electron chi connectivity index (χ3n) is 7.30. The molecule has 5 rings (SSSR count). The molecule has 35 heavy (non-hydrogen) atoms. The number of thiazole rings is 1. The Kier molecular flexibility index (Phi) is 7.10. The number of aromatic nitrogens is 1. The lowest BCUT2D eigenvalue weighted by Crippen LogP contribution is -2.56. The number of benzene rings is 1. The molecular weight excluding hydrogens is 486 g/mol. The van der Waals surface area contributed by atoms with Crippen molar-refractivity contribution in [2.75, 3.05) is 32.1 Å². The van der Waals surface area contributed by atoms with Gasteiger partial charge in [-0.3, -0.25) is 19.8 Å². The van der Waals surface area contributed by atoms with Gasteiger partial charge in [0.15, 0.2) is 10.0 Å². The number of nitrogens with zero attached hydrogens (tertiary/aromatic N) is 3. The van der Waals surface area contributed by atoms with Crippen molar-refractivity contribution in [2.24, 2.45) is 0 Å².